The average molecular weight is 298 g/mol. The Labute approximate surface area is 130 Å². The Hall–Kier alpha value is -2.36. The van der Waals surface area contributed by atoms with Gasteiger partial charge in [-0.2, -0.15) is 0 Å². The van der Waals surface area contributed by atoms with Crippen molar-refractivity contribution in [1.29, 1.82) is 0 Å². The van der Waals surface area contributed by atoms with Gasteiger partial charge in [0.25, 0.3) is 0 Å². The third-order valence-electron chi connectivity index (χ3n) is 4.06. The lowest BCUT2D eigenvalue weighted by atomic mass is 10.1. The van der Waals surface area contributed by atoms with Crippen LogP contribution >= 0.6 is 0 Å². The molecule has 1 heterocycles. The van der Waals surface area contributed by atoms with Crippen LogP contribution in [0.2, 0.25) is 0 Å². The minimum atomic E-state index is -0.255. The van der Waals surface area contributed by atoms with E-state index in [2.05, 4.69) is 4.90 Å². The van der Waals surface area contributed by atoms with Gasteiger partial charge in [-0.05, 0) is 36.2 Å². The van der Waals surface area contributed by atoms with E-state index in [0.717, 1.165) is 23.5 Å². The molecule has 1 aliphatic rings. The molecular weight excluding hydrogens is 279 g/mol. The van der Waals surface area contributed by atoms with E-state index in [1.807, 2.05) is 42.3 Å². The highest BCUT2D eigenvalue weighted by Crippen LogP contribution is 2.32. The van der Waals surface area contributed by atoms with Gasteiger partial charge in [-0.1, -0.05) is 24.3 Å². The monoisotopic (exact) mass is 298 g/mol. The number of amides is 1. The molecule has 0 fully saturated rings. The first-order valence-electron chi connectivity index (χ1n) is 7.50. The zero-order valence-corrected chi connectivity index (χ0v) is 12.6. The first kappa shape index (κ1) is 14.6. The van der Waals surface area contributed by atoms with Crippen LogP contribution in [0.3, 0.4) is 0 Å². The second kappa shape index (κ2) is 6.18. The normalized spacial score (nSPS) is 13.9. The highest BCUT2D eigenvalue weighted by atomic mass is 19.1. The van der Waals surface area contributed by atoms with Crippen molar-refractivity contribution in [2.45, 2.75) is 12.8 Å². The minimum Gasteiger partial charge on any atom is -0.371 e. The van der Waals surface area contributed by atoms with Gasteiger partial charge in [-0.15, -0.1) is 0 Å². The van der Waals surface area contributed by atoms with Crippen molar-refractivity contribution in [3.8, 4) is 0 Å². The van der Waals surface area contributed by atoms with E-state index in [0.29, 0.717) is 19.4 Å². The first-order chi connectivity index (χ1) is 10.6. The van der Waals surface area contributed by atoms with Crippen LogP contribution in [0.25, 0.3) is 0 Å². The standard InChI is InChI=1S/C18H19FN2O/c1-20-11-12-21(17-8-3-2-7-16(17)20)18(22)10-9-14-5-4-6-15(19)13-14/h2-8,13H,9-12H2,1H3. The molecule has 0 saturated heterocycles. The van der Waals surface area contributed by atoms with Gasteiger partial charge in [-0.25, -0.2) is 4.39 Å². The van der Waals surface area contributed by atoms with Crippen LogP contribution in [-0.2, 0) is 11.2 Å². The Morgan fingerprint density at radius 3 is 2.64 bits per heavy atom. The molecule has 0 bridgehead atoms. The molecule has 1 aliphatic heterocycles. The molecule has 3 rings (SSSR count). The molecule has 22 heavy (non-hydrogen) atoms. The number of fused-ring (bicyclic) bond motifs is 1. The zero-order valence-electron chi connectivity index (χ0n) is 12.6. The second-order valence-electron chi connectivity index (χ2n) is 5.59. The smallest absolute Gasteiger partial charge is 0.227 e. The van der Waals surface area contributed by atoms with Crippen molar-refractivity contribution >= 4 is 17.3 Å². The third kappa shape index (κ3) is 2.96. The maximum absolute atomic E-state index is 13.2. The van der Waals surface area contributed by atoms with Crippen molar-refractivity contribution in [1.82, 2.24) is 0 Å². The summed E-state index contributed by atoms with van der Waals surface area (Å²) in [6.07, 6.45) is 0.951. The molecule has 2 aromatic carbocycles. The Morgan fingerprint density at radius 2 is 1.86 bits per heavy atom. The molecule has 0 aromatic heterocycles. The second-order valence-corrected chi connectivity index (χ2v) is 5.59. The molecule has 0 N–H and O–H groups in total. The number of aryl methyl sites for hydroxylation is 1. The van der Waals surface area contributed by atoms with E-state index in [1.54, 1.807) is 6.07 Å². The van der Waals surface area contributed by atoms with Gasteiger partial charge >= 0.3 is 0 Å². The van der Waals surface area contributed by atoms with Crippen molar-refractivity contribution in [2.24, 2.45) is 0 Å². The van der Waals surface area contributed by atoms with Crippen LogP contribution in [0, 0.1) is 5.82 Å². The van der Waals surface area contributed by atoms with Gasteiger partial charge < -0.3 is 9.80 Å². The van der Waals surface area contributed by atoms with E-state index < -0.39 is 0 Å². The topological polar surface area (TPSA) is 23.6 Å². The summed E-state index contributed by atoms with van der Waals surface area (Å²) in [5, 5.41) is 0. The molecule has 0 aliphatic carbocycles. The van der Waals surface area contributed by atoms with E-state index >= 15 is 0 Å². The molecule has 4 heteroatoms. The summed E-state index contributed by atoms with van der Waals surface area (Å²) in [5.41, 5.74) is 2.89. The van der Waals surface area contributed by atoms with Crippen LogP contribution in [-0.4, -0.2) is 26.0 Å². The Balaban J connectivity index is 1.72. The molecule has 0 atom stereocenters. The number of likely N-dealkylation sites (N-methyl/N-ethyl adjacent to an activating group) is 1. The molecular formula is C18H19FN2O. The molecule has 0 unspecified atom stereocenters. The Bertz CT molecular complexity index is 686. The maximum atomic E-state index is 13.2. The van der Waals surface area contributed by atoms with E-state index in [1.165, 1.54) is 12.1 Å². The number of benzene rings is 2. The largest absolute Gasteiger partial charge is 0.371 e. The maximum Gasteiger partial charge on any atom is 0.227 e. The number of para-hydroxylation sites is 2. The van der Waals surface area contributed by atoms with Crippen LogP contribution in [0.5, 0.6) is 0 Å². The summed E-state index contributed by atoms with van der Waals surface area (Å²) in [5.74, 6) is -0.167. The predicted molar refractivity (Wildman–Crippen MR) is 86.8 cm³/mol. The molecule has 0 saturated carbocycles. The Kier molecular flexibility index (Phi) is 4.09. The fourth-order valence-corrected chi connectivity index (χ4v) is 2.84. The summed E-state index contributed by atoms with van der Waals surface area (Å²) < 4.78 is 13.2. The van der Waals surface area contributed by atoms with Crippen molar-refractivity contribution in [3.05, 3.63) is 59.9 Å². The summed E-state index contributed by atoms with van der Waals surface area (Å²) in [7, 11) is 2.04. The number of nitrogens with zero attached hydrogens (tertiary/aromatic N) is 2. The number of rotatable bonds is 3. The third-order valence-corrected chi connectivity index (χ3v) is 4.06. The lowest BCUT2D eigenvalue weighted by molar-refractivity contribution is -0.118. The number of carbonyl (C=O) groups is 1. The molecule has 0 radical (unpaired) electrons. The summed E-state index contributed by atoms with van der Waals surface area (Å²) in [6, 6.07) is 14.4. The molecule has 114 valence electrons. The number of anilines is 2. The number of carbonyl (C=O) groups excluding carboxylic acids is 1. The van der Waals surface area contributed by atoms with Gasteiger partial charge in [0.05, 0.1) is 11.4 Å². The first-order valence-corrected chi connectivity index (χ1v) is 7.50. The summed E-state index contributed by atoms with van der Waals surface area (Å²) >= 11 is 0. The van der Waals surface area contributed by atoms with Crippen molar-refractivity contribution < 1.29 is 9.18 Å². The van der Waals surface area contributed by atoms with Crippen LogP contribution in [0.15, 0.2) is 48.5 Å². The van der Waals surface area contributed by atoms with Gasteiger partial charge in [0.2, 0.25) is 5.91 Å². The minimum absolute atomic E-state index is 0.0878. The summed E-state index contributed by atoms with van der Waals surface area (Å²) in [4.78, 5) is 16.5. The molecule has 2 aromatic rings. The quantitative estimate of drug-likeness (QED) is 0.868. The Morgan fingerprint density at radius 1 is 1.09 bits per heavy atom. The van der Waals surface area contributed by atoms with Crippen LogP contribution in [0.4, 0.5) is 15.8 Å². The van der Waals surface area contributed by atoms with E-state index in [4.69, 9.17) is 0 Å². The zero-order chi connectivity index (χ0) is 15.5. The van der Waals surface area contributed by atoms with Crippen LogP contribution in [0.1, 0.15) is 12.0 Å². The van der Waals surface area contributed by atoms with E-state index in [-0.39, 0.29) is 11.7 Å². The van der Waals surface area contributed by atoms with Gasteiger partial charge in [0.15, 0.2) is 0 Å². The fraction of sp³-hybridized carbons (Fsp3) is 0.278. The average Bonchev–Trinajstić information content (AvgIpc) is 2.53. The molecule has 3 nitrogen and oxygen atoms in total. The highest BCUT2D eigenvalue weighted by molar-refractivity contribution is 5.97. The van der Waals surface area contributed by atoms with Gasteiger partial charge in [-0.3, -0.25) is 4.79 Å². The lowest BCUT2D eigenvalue weighted by Crippen LogP contribution is -2.42. The van der Waals surface area contributed by atoms with E-state index in [9.17, 15) is 9.18 Å². The number of hydrogen-bond acceptors (Lipinski definition) is 2. The number of halogens is 1. The van der Waals surface area contributed by atoms with Gasteiger partial charge in [0.1, 0.15) is 5.82 Å². The SMILES string of the molecule is CN1CCN(C(=O)CCc2cccc(F)c2)c2ccccc21. The lowest BCUT2D eigenvalue weighted by Gasteiger charge is -2.35. The fourth-order valence-electron chi connectivity index (χ4n) is 2.84. The summed E-state index contributed by atoms with van der Waals surface area (Å²) in [6.45, 7) is 1.51. The number of hydrogen-bond donors (Lipinski definition) is 0. The van der Waals surface area contributed by atoms with Crippen molar-refractivity contribution in [2.75, 3.05) is 29.9 Å². The predicted octanol–water partition coefficient (Wildman–Crippen LogP) is 3.24. The molecule has 0 spiro atoms. The van der Waals surface area contributed by atoms with Crippen LogP contribution < -0.4 is 9.80 Å². The van der Waals surface area contributed by atoms with Crippen molar-refractivity contribution in [3.63, 3.8) is 0 Å². The highest BCUT2D eigenvalue weighted by Gasteiger charge is 2.24. The van der Waals surface area contributed by atoms with Gasteiger partial charge in [0, 0.05) is 26.6 Å². The molecule has 1 amide bonds.